The highest BCUT2D eigenvalue weighted by Crippen LogP contribution is 2.38. The molecule has 0 amide bonds. The summed E-state index contributed by atoms with van der Waals surface area (Å²) in [5.41, 5.74) is 10.8. The van der Waals surface area contributed by atoms with Crippen LogP contribution >= 0.6 is 35.5 Å². The minimum absolute atomic E-state index is 0.0409. The molecule has 0 bridgehead atoms. The van der Waals surface area contributed by atoms with E-state index in [-0.39, 0.29) is 5.54 Å². The third-order valence-electron chi connectivity index (χ3n) is 4.93. The van der Waals surface area contributed by atoms with Crippen molar-refractivity contribution in [2.45, 2.75) is 37.8 Å². The van der Waals surface area contributed by atoms with E-state index in [1.807, 2.05) is 48.7 Å². The summed E-state index contributed by atoms with van der Waals surface area (Å²) in [6, 6.07) is 24.3. The van der Waals surface area contributed by atoms with Gasteiger partial charge in [-0.05, 0) is 86.9 Å². The van der Waals surface area contributed by atoms with Crippen LogP contribution in [0.5, 0.6) is 0 Å². The first-order valence-corrected chi connectivity index (χ1v) is 13.3. The van der Waals surface area contributed by atoms with E-state index < -0.39 is 0 Å². The van der Waals surface area contributed by atoms with Crippen LogP contribution < -0.4 is 21.1 Å². The number of nitrogen functional groups attached to an aromatic ring is 1. The highest BCUT2D eigenvalue weighted by atomic mass is 32.2. The molecule has 0 saturated carbocycles. The summed E-state index contributed by atoms with van der Waals surface area (Å²) in [6.07, 6.45) is 1.94. The third-order valence-corrected chi connectivity index (χ3v) is 7.53. The molecule has 0 fully saturated rings. The van der Waals surface area contributed by atoms with Crippen LogP contribution in [0, 0.1) is 0 Å². The standard InChI is InChI=1S/C27H29N5S3/c1-27(2,3)32-35-23-15-21(31-26(33)30-16-18-7-5-4-6-8-18)13-14-22(23)24-17-29-25(34-24)19-9-11-20(28)12-10-19/h4-15,17,32H,16,28H2,1-3H3,(H2,30,31,33). The fourth-order valence-electron chi connectivity index (χ4n) is 3.21. The summed E-state index contributed by atoms with van der Waals surface area (Å²) in [5, 5.41) is 8.15. The summed E-state index contributed by atoms with van der Waals surface area (Å²) in [7, 11) is 0. The molecule has 0 aliphatic rings. The number of anilines is 2. The lowest BCUT2D eigenvalue weighted by atomic mass is 10.1. The van der Waals surface area contributed by atoms with Gasteiger partial charge in [-0.2, -0.15) is 0 Å². The Labute approximate surface area is 220 Å². The molecule has 0 radical (unpaired) electrons. The highest BCUT2D eigenvalue weighted by molar-refractivity contribution is 7.97. The van der Waals surface area contributed by atoms with Crippen LogP contribution in [-0.4, -0.2) is 15.6 Å². The number of hydrogen-bond donors (Lipinski definition) is 4. The van der Waals surface area contributed by atoms with Crippen LogP contribution in [0.4, 0.5) is 11.4 Å². The molecule has 3 aromatic carbocycles. The van der Waals surface area contributed by atoms with Gasteiger partial charge in [0.25, 0.3) is 0 Å². The Hall–Kier alpha value is -2.91. The number of rotatable bonds is 7. The summed E-state index contributed by atoms with van der Waals surface area (Å²) < 4.78 is 3.53. The number of aromatic nitrogens is 1. The van der Waals surface area contributed by atoms with Gasteiger partial charge in [-0.1, -0.05) is 36.4 Å². The molecule has 8 heteroatoms. The molecule has 1 aromatic heterocycles. The van der Waals surface area contributed by atoms with Gasteiger partial charge >= 0.3 is 0 Å². The molecule has 4 rings (SSSR count). The number of benzene rings is 3. The van der Waals surface area contributed by atoms with Crippen molar-refractivity contribution in [2.24, 2.45) is 0 Å². The van der Waals surface area contributed by atoms with Crippen molar-refractivity contribution in [3.05, 3.63) is 84.6 Å². The zero-order valence-electron chi connectivity index (χ0n) is 20.0. The van der Waals surface area contributed by atoms with Gasteiger partial charge in [0.05, 0.1) is 4.88 Å². The predicted octanol–water partition coefficient (Wildman–Crippen LogP) is 6.94. The Morgan fingerprint density at radius 3 is 2.49 bits per heavy atom. The lowest BCUT2D eigenvalue weighted by molar-refractivity contribution is 0.535. The van der Waals surface area contributed by atoms with Gasteiger partial charge in [0, 0.05) is 45.7 Å². The van der Waals surface area contributed by atoms with Crippen molar-refractivity contribution in [1.29, 1.82) is 0 Å². The van der Waals surface area contributed by atoms with Gasteiger partial charge in [-0.25, -0.2) is 4.98 Å². The molecule has 0 saturated heterocycles. The Morgan fingerprint density at radius 2 is 1.77 bits per heavy atom. The van der Waals surface area contributed by atoms with E-state index in [2.05, 4.69) is 71.4 Å². The second kappa shape index (κ2) is 11.2. The molecule has 35 heavy (non-hydrogen) atoms. The van der Waals surface area contributed by atoms with Gasteiger partial charge in [0.2, 0.25) is 0 Å². The van der Waals surface area contributed by atoms with Crippen LogP contribution in [0.15, 0.2) is 83.9 Å². The molecule has 0 aliphatic heterocycles. The van der Waals surface area contributed by atoms with E-state index in [0.29, 0.717) is 11.7 Å². The minimum Gasteiger partial charge on any atom is -0.399 e. The van der Waals surface area contributed by atoms with Gasteiger partial charge in [-0.15, -0.1) is 11.3 Å². The van der Waals surface area contributed by atoms with Crippen LogP contribution in [0.25, 0.3) is 21.0 Å². The number of nitrogens with one attached hydrogen (secondary N) is 3. The van der Waals surface area contributed by atoms with Crippen molar-refractivity contribution in [2.75, 3.05) is 11.1 Å². The van der Waals surface area contributed by atoms with E-state index in [0.717, 1.165) is 37.3 Å². The fourth-order valence-corrected chi connectivity index (χ4v) is 5.31. The summed E-state index contributed by atoms with van der Waals surface area (Å²) in [4.78, 5) is 6.87. The number of thiazole rings is 1. The smallest absolute Gasteiger partial charge is 0.171 e. The largest absolute Gasteiger partial charge is 0.399 e. The van der Waals surface area contributed by atoms with Crippen LogP contribution in [0.1, 0.15) is 26.3 Å². The number of nitrogens with two attached hydrogens (primary N) is 1. The lowest BCUT2D eigenvalue weighted by Gasteiger charge is -2.21. The molecular formula is C27H29N5S3. The highest BCUT2D eigenvalue weighted by Gasteiger charge is 2.16. The second-order valence-corrected chi connectivity index (χ2v) is 11.4. The van der Waals surface area contributed by atoms with Crippen molar-refractivity contribution in [1.82, 2.24) is 15.0 Å². The summed E-state index contributed by atoms with van der Waals surface area (Å²) >= 11 is 8.82. The number of nitrogens with zero attached hydrogens (tertiary/aromatic N) is 1. The average molecular weight is 520 g/mol. The van der Waals surface area contributed by atoms with Crippen molar-refractivity contribution in [3.63, 3.8) is 0 Å². The first-order valence-electron chi connectivity index (χ1n) is 11.3. The SMILES string of the molecule is CC(C)(C)NSc1cc(NC(=S)NCc2ccccc2)ccc1-c1cnc(-c2ccc(N)cc2)s1. The molecule has 0 atom stereocenters. The van der Waals surface area contributed by atoms with Gasteiger partial charge in [-0.3, -0.25) is 4.72 Å². The molecular weight excluding hydrogens is 491 g/mol. The summed E-state index contributed by atoms with van der Waals surface area (Å²) in [5.74, 6) is 0. The van der Waals surface area contributed by atoms with Crippen LogP contribution in [0.2, 0.25) is 0 Å². The monoisotopic (exact) mass is 519 g/mol. The second-order valence-electron chi connectivity index (χ2n) is 9.11. The van der Waals surface area contributed by atoms with Gasteiger partial charge in [0.15, 0.2) is 5.11 Å². The van der Waals surface area contributed by atoms with Crippen molar-refractivity contribution >= 4 is 52.0 Å². The van der Waals surface area contributed by atoms with E-state index in [1.165, 1.54) is 5.56 Å². The maximum Gasteiger partial charge on any atom is 0.171 e. The van der Waals surface area contributed by atoms with Crippen LogP contribution in [0.3, 0.4) is 0 Å². The van der Waals surface area contributed by atoms with Crippen LogP contribution in [-0.2, 0) is 6.54 Å². The Bertz CT molecular complexity index is 1280. The minimum atomic E-state index is -0.0409. The zero-order chi connectivity index (χ0) is 24.8. The van der Waals surface area contributed by atoms with E-state index >= 15 is 0 Å². The predicted molar refractivity (Wildman–Crippen MR) is 156 cm³/mol. The maximum atomic E-state index is 5.84. The van der Waals surface area contributed by atoms with Crippen molar-refractivity contribution < 1.29 is 0 Å². The number of thiocarbonyl (C=S) groups is 1. The first kappa shape index (κ1) is 25.2. The molecule has 5 nitrogen and oxygen atoms in total. The lowest BCUT2D eigenvalue weighted by Crippen LogP contribution is -2.30. The maximum absolute atomic E-state index is 5.84. The molecule has 5 N–H and O–H groups in total. The molecule has 4 aromatic rings. The van der Waals surface area contributed by atoms with E-state index in [1.54, 1.807) is 23.3 Å². The quantitative estimate of drug-likeness (QED) is 0.120. The molecule has 180 valence electrons. The van der Waals surface area contributed by atoms with Gasteiger partial charge < -0.3 is 16.4 Å². The average Bonchev–Trinajstić information content (AvgIpc) is 3.32. The molecule has 0 unspecified atom stereocenters. The normalized spacial score (nSPS) is 11.3. The first-order chi connectivity index (χ1) is 16.8. The van der Waals surface area contributed by atoms with Gasteiger partial charge in [0.1, 0.15) is 5.01 Å². The third kappa shape index (κ3) is 7.29. The molecule has 0 aliphatic carbocycles. The number of hydrogen-bond acceptors (Lipinski definition) is 6. The zero-order valence-corrected chi connectivity index (χ0v) is 22.4. The Kier molecular flexibility index (Phi) is 8.07. The van der Waals surface area contributed by atoms with E-state index in [9.17, 15) is 0 Å². The fraction of sp³-hybridized carbons (Fsp3) is 0.185. The Balaban J connectivity index is 1.54. The van der Waals surface area contributed by atoms with E-state index in [4.69, 9.17) is 18.0 Å². The molecule has 0 spiro atoms. The topological polar surface area (TPSA) is 75.0 Å². The van der Waals surface area contributed by atoms with Crippen molar-refractivity contribution in [3.8, 4) is 21.0 Å². The molecule has 1 heterocycles. The Morgan fingerprint density at radius 1 is 1.03 bits per heavy atom. The summed E-state index contributed by atoms with van der Waals surface area (Å²) in [6.45, 7) is 7.12.